The summed E-state index contributed by atoms with van der Waals surface area (Å²) in [5, 5.41) is 7.92. The van der Waals surface area contributed by atoms with E-state index in [0.29, 0.717) is 18.4 Å². The van der Waals surface area contributed by atoms with Crippen molar-refractivity contribution in [2.75, 3.05) is 6.54 Å². The topological polar surface area (TPSA) is 166 Å². The van der Waals surface area contributed by atoms with E-state index in [1.54, 1.807) is 38.1 Å². The Morgan fingerprint density at radius 2 is 1.45 bits per heavy atom. The van der Waals surface area contributed by atoms with E-state index in [2.05, 4.69) is 16.0 Å². The van der Waals surface area contributed by atoms with Gasteiger partial charge < -0.3 is 31.2 Å². The molecule has 5 N–H and O–H groups in total. The fraction of sp³-hybridized carbons (Fsp3) is 0.485. The lowest BCUT2D eigenvalue weighted by Gasteiger charge is -2.25. The molecule has 0 aliphatic rings. The summed E-state index contributed by atoms with van der Waals surface area (Å²) >= 11 is 0. The minimum Gasteiger partial charge on any atom is -0.461 e. The van der Waals surface area contributed by atoms with Crippen molar-refractivity contribution >= 4 is 29.8 Å². The van der Waals surface area contributed by atoms with Crippen LogP contribution in [-0.2, 0) is 36.9 Å². The maximum Gasteiger partial charge on any atom is 0.334 e. The molecule has 0 radical (unpaired) electrons. The molecule has 2 atom stereocenters. The highest BCUT2D eigenvalue weighted by Crippen LogP contribution is 2.15. The summed E-state index contributed by atoms with van der Waals surface area (Å²) < 4.78 is 10.4. The molecule has 0 bridgehead atoms. The van der Waals surface area contributed by atoms with E-state index in [4.69, 9.17) is 15.2 Å². The number of hydrogen-bond acceptors (Lipinski definition) is 7. The Hall–Kier alpha value is -4.41. The number of carbonyl (C=O) groups excluding carboxylic acids is 5. The summed E-state index contributed by atoms with van der Waals surface area (Å²) in [6, 6.07) is 13.3. The predicted molar refractivity (Wildman–Crippen MR) is 171 cm³/mol. The lowest BCUT2D eigenvalue weighted by Crippen LogP contribution is -2.54. The molecule has 44 heavy (non-hydrogen) atoms. The molecule has 0 saturated heterocycles. The molecule has 11 nitrogen and oxygen atoms in total. The number of esters is 2. The number of ether oxygens (including phenoxy) is 2. The normalized spacial score (nSPS) is 11.3. The Labute approximate surface area is 261 Å². The Morgan fingerprint density at radius 3 is 2.00 bits per heavy atom. The second-order valence-electron chi connectivity index (χ2n) is 9.61. The van der Waals surface area contributed by atoms with Crippen molar-refractivity contribution in [3.8, 4) is 5.75 Å². The van der Waals surface area contributed by atoms with Crippen molar-refractivity contribution in [3.63, 3.8) is 0 Å². The van der Waals surface area contributed by atoms with Crippen LogP contribution in [0.25, 0.3) is 0 Å². The minimum absolute atomic E-state index is 0.0861. The maximum atomic E-state index is 13.2. The number of nitrogens with one attached hydrogen (secondary N) is 3. The number of urea groups is 1. The standard InChI is InChI=1S/C29H38N4O7.2C2H6/c1-19(2)26(33-25(35)16-13-21-8-5-4-6-9-21)27(36)32-24(10-7-17-31-29(30)38)28(37)40-23-14-11-22(12-15-23)18-39-20(3)34;2*1-2/h4-6,8-9,11-12,14-15,19,24,26H,7,10,13,16-18H2,1-3H3,(H,32,36)(H,33,35)(H3,30,31,38);2*1-2H3/t24-,26?;;/m0../s1. The van der Waals surface area contributed by atoms with Crippen molar-refractivity contribution in [2.24, 2.45) is 11.7 Å². The van der Waals surface area contributed by atoms with Gasteiger partial charge in [0.25, 0.3) is 0 Å². The summed E-state index contributed by atoms with van der Waals surface area (Å²) in [5.74, 6) is -1.94. The second-order valence-corrected chi connectivity index (χ2v) is 9.61. The van der Waals surface area contributed by atoms with Gasteiger partial charge in [-0.05, 0) is 48.4 Å². The molecule has 2 rings (SSSR count). The van der Waals surface area contributed by atoms with Crippen LogP contribution in [0.1, 0.15) is 78.9 Å². The van der Waals surface area contributed by atoms with Gasteiger partial charge in [-0.2, -0.15) is 0 Å². The van der Waals surface area contributed by atoms with E-state index in [-0.39, 0.29) is 43.6 Å². The van der Waals surface area contributed by atoms with Gasteiger partial charge in [0.05, 0.1) is 0 Å². The maximum absolute atomic E-state index is 13.2. The fourth-order valence-electron chi connectivity index (χ4n) is 3.74. The van der Waals surface area contributed by atoms with E-state index in [1.807, 2.05) is 58.0 Å². The molecule has 0 aliphatic carbocycles. The number of aryl methyl sites for hydroxylation is 1. The van der Waals surface area contributed by atoms with E-state index in [9.17, 15) is 24.0 Å². The van der Waals surface area contributed by atoms with Gasteiger partial charge in [0, 0.05) is 19.9 Å². The van der Waals surface area contributed by atoms with Gasteiger partial charge in [0.2, 0.25) is 11.8 Å². The SMILES string of the molecule is CC.CC.CC(=O)OCc1ccc(OC(=O)[C@H](CCCNC(N)=O)NC(=O)C(NC(=O)CCc2ccccc2)C(C)C)cc1. The molecule has 1 unspecified atom stereocenters. The van der Waals surface area contributed by atoms with Gasteiger partial charge >= 0.3 is 18.0 Å². The van der Waals surface area contributed by atoms with Crippen LogP contribution < -0.4 is 26.4 Å². The third kappa shape index (κ3) is 16.9. The summed E-state index contributed by atoms with van der Waals surface area (Å²) in [5.41, 5.74) is 6.82. The molecule has 11 heteroatoms. The van der Waals surface area contributed by atoms with Crippen LogP contribution in [0.4, 0.5) is 4.79 Å². The Bertz CT molecular complexity index is 1140. The highest BCUT2D eigenvalue weighted by atomic mass is 16.5. The fourth-order valence-corrected chi connectivity index (χ4v) is 3.74. The third-order valence-electron chi connectivity index (χ3n) is 5.90. The van der Waals surface area contributed by atoms with E-state index in [1.165, 1.54) is 6.92 Å². The van der Waals surface area contributed by atoms with Gasteiger partial charge in [-0.1, -0.05) is 84.0 Å². The zero-order chi connectivity index (χ0) is 33.5. The second kappa shape index (κ2) is 23.1. The molecular weight excluding hydrogens is 564 g/mol. The van der Waals surface area contributed by atoms with E-state index >= 15 is 0 Å². The number of carbonyl (C=O) groups is 5. The van der Waals surface area contributed by atoms with Crippen LogP contribution in [0, 0.1) is 5.92 Å². The largest absolute Gasteiger partial charge is 0.461 e. The van der Waals surface area contributed by atoms with Crippen LogP contribution in [0.2, 0.25) is 0 Å². The van der Waals surface area contributed by atoms with Crippen LogP contribution >= 0.6 is 0 Å². The molecule has 2 aromatic rings. The third-order valence-corrected chi connectivity index (χ3v) is 5.90. The van der Waals surface area contributed by atoms with Crippen molar-refractivity contribution in [1.29, 1.82) is 0 Å². The van der Waals surface area contributed by atoms with Crippen molar-refractivity contribution in [1.82, 2.24) is 16.0 Å². The Balaban J connectivity index is 0.00000443. The molecule has 2 aromatic carbocycles. The van der Waals surface area contributed by atoms with Crippen molar-refractivity contribution in [2.45, 2.75) is 92.8 Å². The molecule has 0 saturated carbocycles. The highest BCUT2D eigenvalue weighted by molar-refractivity contribution is 5.91. The summed E-state index contributed by atoms with van der Waals surface area (Å²) in [6.07, 6.45) is 1.22. The first-order chi connectivity index (χ1) is 21.0. The zero-order valence-electron chi connectivity index (χ0n) is 27.1. The van der Waals surface area contributed by atoms with Crippen LogP contribution in [0.5, 0.6) is 5.75 Å². The van der Waals surface area contributed by atoms with Gasteiger partial charge in [-0.15, -0.1) is 0 Å². The van der Waals surface area contributed by atoms with Crippen LogP contribution in [0.15, 0.2) is 54.6 Å². The van der Waals surface area contributed by atoms with Gasteiger partial charge in [0.1, 0.15) is 24.4 Å². The average Bonchev–Trinajstić information content (AvgIpc) is 3.02. The van der Waals surface area contributed by atoms with Gasteiger partial charge in [-0.25, -0.2) is 9.59 Å². The first kappa shape index (κ1) is 39.6. The first-order valence-electron chi connectivity index (χ1n) is 15.2. The quantitative estimate of drug-likeness (QED) is 0.131. The number of hydrogen-bond donors (Lipinski definition) is 4. The van der Waals surface area contributed by atoms with E-state index < -0.39 is 36.0 Å². The average molecular weight is 615 g/mol. The van der Waals surface area contributed by atoms with Crippen molar-refractivity contribution < 1.29 is 33.4 Å². The number of rotatable bonds is 15. The molecule has 0 fully saturated rings. The zero-order valence-corrected chi connectivity index (χ0v) is 27.1. The van der Waals surface area contributed by atoms with Crippen LogP contribution in [0.3, 0.4) is 0 Å². The lowest BCUT2D eigenvalue weighted by molar-refractivity contribution is -0.142. The van der Waals surface area contributed by atoms with E-state index in [0.717, 1.165) is 5.56 Å². The highest BCUT2D eigenvalue weighted by Gasteiger charge is 2.29. The number of amides is 4. The summed E-state index contributed by atoms with van der Waals surface area (Å²) in [7, 11) is 0. The number of nitrogens with two attached hydrogens (primary N) is 1. The molecule has 0 aliphatic heterocycles. The summed E-state index contributed by atoms with van der Waals surface area (Å²) in [6.45, 7) is 13.2. The smallest absolute Gasteiger partial charge is 0.334 e. The first-order valence-corrected chi connectivity index (χ1v) is 15.2. The summed E-state index contributed by atoms with van der Waals surface area (Å²) in [4.78, 5) is 60.9. The monoisotopic (exact) mass is 614 g/mol. The molecular formula is C33H50N4O7. The van der Waals surface area contributed by atoms with Gasteiger partial charge in [-0.3, -0.25) is 14.4 Å². The molecule has 0 spiro atoms. The molecule has 0 aromatic heterocycles. The predicted octanol–water partition coefficient (Wildman–Crippen LogP) is 4.41. The number of primary amides is 1. The van der Waals surface area contributed by atoms with Gasteiger partial charge in [0.15, 0.2) is 0 Å². The minimum atomic E-state index is -1.05. The van der Waals surface area contributed by atoms with Crippen molar-refractivity contribution in [3.05, 3.63) is 65.7 Å². The lowest BCUT2D eigenvalue weighted by atomic mass is 10.0. The molecule has 0 heterocycles. The molecule has 244 valence electrons. The Morgan fingerprint density at radius 1 is 0.841 bits per heavy atom. The molecule has 4 amide bonds. The Kier molecular flexibility index (Phi) is 20.8. The van der Waals surface area contributed by atoms with Crippen LogP contribution in [-0.4, -0.2) is 48.4 Å². The number of benzene rings is 2.